The zero-order valence-corrected chi connectivity index (χ0v) is 11.4. The van der Waals surface area contributed by atoms with Crippen molar-refractivity contribution in [3.05, 3.63) is 58.1 Å². The molecule has 1 N–H and O–H groups in total. The lowest BCUT2D eigenvalue weighted by Gasteiger charge is -2.18. The highest BCUT2D eigenvalue weighted by atomic mass is 35.5. The van der Waals surface area contributed by atoms with Crippen molar-refractivity contribution in [2.45, 2.75) is 33.3 Å². The fraction of sp³-hybridized carbons (Fsp3) is 0.333. The Hall–Kier alpha value is -1.05. The van der Waals surface area contributed by atoms with Gasteiger partial charge in [0, 0.05) is 5.02 Å². The molecule has 0 heterocycles. The maximum Gasteiger partial charge on any atom is 0.101 e. The van der Waals surface area contributed by atoms with Crippen LogP contribution in [0.3, 0.4) is 0 Å². The number of aliphatic hydroxyl groups is 1. The van der Waals surface area contributed by atoms with Crippen LogP contribution in [0.5, 0.6) is 0 Å². The molecule has 0 spiro atoms. The maximum atomic E-state index is 10.3. The third-order valence-corrected chi connectivity index (χ3v) is 3.27. The van der Waals surface area contributed by atoms with Gasteiger partial charge in [-0.2, -0.15) is 0 Å². The molecule has 92 valence electrons. The van der Waals surface area contributed by atoms with E-state index in [2.05, 4.69) is 6.58 Å². The number of rotatable bonds is 4. The summed E-state index contributed by atoms with van der Waals surface area (Å²) in [7, 11) is 0. The molecule has 0 radical (unpaired) electrons. The van der Waals surface area contributed by atoms with Gasteiger partial charge in [-0.25, -0.2) is 0 Å². The van der Waals surface area contributed by atoms with Gasteiger partial charge in [-0.15, -0.1) is 0 Å². The highest BCUT2D eigenvalue weighted by Crippen LogP contribution is 2.29. The van der Waals surface area contributed by atoms with Gasteiger partial charge in [0.05, 0.1) is 0 Å². The summed E-state index contributed by atoms with van der Waals surface area (Å²) in [6.45, 7) is 9.92. The normalized spacial score (nSPS) is 14.2. The first-order valence-corrected chi connectivity index (χ1v) is 6.14. The minimum absolute atomic E-state index is 0.575. The molecule has 17 heavy (non-hydrogen) atoms. The van der Waals surface area contributed by atoms with Crippen LogP contribution in [-0.4, -0.2) is 5.11 Å². The summed E-state index contributed by atoms with van der Waals surface area (Å²) in [6, 6.07) is 7.30. The molecular weight excluding hydrogens is 232 g/mol. The van der Waals surface area contributed by atoms with Gasteiger partial charge in [0.2, 0.25) is 0 Å². The van der Waals surface area contributed by atoms with Crippen molar-refractivity contribution < 1.29 is 5.11 Å². The molecule has 0 aliphatic heterocycles. The molecule has 1 aromatic rings. The molecule has 1 aromatic carbocycles. The minimum atomic E-state index is -0.575. The average Bonchev–Trinajstić information content (AvgIpc) is 2.30. The van der Waals surface area contributed by atoms with Crippen LogP contribution in [0.4, 0.5) is 0 Å². The van der Waals surface area contributed by atoms with Gasteiger partial charge < -0.3 is 5.11 Å². The summed E-state index contributed by atoms with van der Waals surface area (Å²) in [5, 5.41) is 11.0. The Bertz CT molecular complexity index is 429. The molecule has 1 atom stereocenters. The lowest BCUT2D eigenvalue weighted by Crippen LogP contribution is -2.04. The Balaban J connectivity index is 3.10. The van der Waals surface area contributed by atoms with E-state index in [-0.39, 0.29) is 0 Å². The van der Waals surface area contributed by atoms with Crippen molar-refractivity contribution in [2.75, 3.05) is 0 Å². The largest absolute Gasteiger partial charge is 0.384 e. The molecule has 0 aliphatic rings. The number of allylic oxidation sites excluding steroid dienone is 2. The summed E-state index contributed by atoms with van der Waals surface area (Å²) < 4.78 is 0. The summed E-state index contributed by atoms with van der Waals surface area (Å²) in [4.78, 5) is 0. The Morgan fingerprint density at radius 1 is 1.29 bits per heavy atom. The summed E-state index contributed by atoms with van der Waals surface area (Å²) in [5.74, 6) is 0. The predicted octanol–water partition coefficient (Wildman–Crippen LogP) is 4.68. The fourth-order valence-electron chi connectivity index (χ4n) is 1.78. The minimum Gasteiger partial charge on any atom is -0.384 e. The third-order valence-electron chi connectivity index (χ3n) is 3.02. The lowest BCUT2D eigenvalue weighted by atomic mass is 9.93. The first-order valence-electron chi connectivity index (χ1n) is 5.76. The van der Waals surface area contributed by atoms with Gasteiger partial charge in [-0.05, 0) is 49.1 Å². The van der Waals surface area contributed by atoms with Crippen LogP contribution in [0.1, 0.15) is 38.9 Å². The zero-order chi connectivity index (χ0) is 13.0. The van der Waals surface area contributed by atoms with Crippen molar-refractivity contribution in [1.29, 1.82) is 0 Å². The standard InChI is InChI=1S/C15H19ClO/c1-5-14(11(4)10(2)3)15(17)12-6-8-13(16)9-7-12/h6-9,15,17H,2,5H2,1,3-4H3/b14-11+. The van der Waals surface area contributed by atoms with Crippen molar-refractivity contribution in [1.82, 2.24) is 0 Å². The average molecular weight is 251 g/mol. The van der Waals surface area contributed by atoms with Crippen LogP contribution < -0.4 is 0 Å². The van der Waals surface area contributed by atoms with E-state index in [4.69, 9.17) is 11.6 Å². The molecular formula is C15H19ClO. The third kappa shape index (κ3) is 3.45. The van der Waals surface area contributed by atoms with E-state index < -0.39 is 6.10 Å². The molecule has 1 unspecified atom stereocenters. The van der Waals surface area contributed by atoms with Gasteiger partial charge in [-0.3, -0.25) is 0 Å². The quantitative estimate of drug-likeness (QED) is 0.770. The monoisotopic (exact) mass is 250 g/mol. The molecule has 0 aliphatic carbocycles. The Morgan fingerprint density at radius 2 is 1.82 bits per heavy atom. The van der Waals surface area contributed by atoms with Gasteiger partial charge in [0.15, 0.2) is 0 Å². The molecule has 2 heteroatoms. The highest BCUT2D eigenvalue weighted by molar-refractivity contribution is 6.30. The van der Waals surface area contributed by atoms with Crippen LogP contribution in [0.25, 0.3) is 0 Å². The highest BCUT2D eigenvalue weighted by Gasteiger charge is 2.14. The van der Waals surface area contributed by atoms with Crippen molar-refractivity contribution in [3.63, 3.8) is 0 Å². The first-order chi connectivity index (χ1) is 7.97. The van der Waals surface area contributed by atoms with Crippen molar-refractivity contribution in [2.24, 2.45) is 0 Å². The van der Waals surface area contributed by atoms with E-state index in [1.54, 1.807) is 12.1 Å². The van der Waals surface area contributed by atoms with Gasteiger partial charge in [0.1, 0.15) is 6.10 Å². The molecule has 1 rings (SSSR count). The smallest absolute Gasteiger partial charge is 0.101 e. The van der Waals surface area contributed by atoms with Crippen molar-refractivity contribution >= 4 is 11.6 Å². The number of halogens is 1. The van der Waals surface area contributed by atoms with E-state index in [1.807, 2.05) is 32.9 Å². The SMILES string of the molecule is C=C(C)/C(C)=C(\CC)C(O)c1ccc(Cl)cc1. The zero-order valence-electron chi connectivity index (χ0n) is 10.6. The molecule has 0 fully saturated rings. The molecule has 0 amide bonds. The topological polar surface area (TPSA) is 20.2 Å². The Labute approximate surface area is 108 Å². The second-order valence-corrected chi connectivity index (χ2v) is 4.67. The first kappa shape index (κ1) is 14.0. The van der Waals surface area contributed by atoms with E-state index in [0.29, 0.717) is 5.02 Å². The van der Waals surface area contributed by atoms with Crippen LogP contribution in [-0.2, 0) is 0 Å². The predicted molar refractivity (Wildman–Crippen MR) is 74.2 cm³/mol. The Morgan fingerprint density at radius 3 is 2.24 bits per heavy atom. The summed E-state index contributed by atoms with van der Waals surface area (Å²) in [6.07, 6.45) is 0.233. The maximum absolute atomic E-state index is 10.3. The molecule has 0 bridgehead atoms. The van der Waals surface area contributed by atoms with E-state index in [1.165, 1.54) is 0 Å². The van der Waals surface area contributed by atoms with E-state index >= 15 is 0 Å². The van der Waals surface area contributed by atoms with Gasteiger partial charge >= 0.3 is 0 Å². The fourth-order valence-corrected chi connectivity index (χ4v) is 1.91. The molecule has 0 aromatic heterocycles. The van der Waals surface area contributed by atoms with Crippen LogP contribution in [0, 0.1) is 0 Å². The summed E-state index contributed by atoms with van der Waals surface area (Å²) in [5.41, 5.74) is 3.96. The van der Waals surface area contributed by atoms with E-state index in [0.717, 1.165) is 28.7 Å². The lowest BCUT2D eigenvalue weighted by molar-refractivity contribution is 0.211. The Kier molecular flexibility index (Phi) is 4.98. The van der Waals surface area contributed by atoms with Gasteiger partial charge in [0.25, 0.3) is 0 Å². The van der Waals surface area contributed by atoms with Crippen LogP contribution in [0.15, 0.2) is 47.6 Å². The van der Waals surface area contributed by atoms with E-state index in [9.17, 15) is 5.11 Å². The number of aliphatic hydroxyl groups excluding tert-OH is 1. The van der Waals surface area contributed by atoms with Crippen LogP contribution >= 0.6 is 11.6 Å². The molecule has 1 nitrogen and oxygen atoms in total. The second-order valence-electron chi connectivity index (χ2n) is 4.24. The molecule has 0 saturated heterocycles. The molecule has 0 saturated carbocycles. The van der Waals surface area contributed by atoms with Crippen molar-refractivity contribution in [3.8, 4) is 0 Å². The summed E-state index contributed by atoms with van der Waals surface area (Å²) >= 11 is 5.84. The number of hydrogen-bond acceptors (Lipinski definition) is 1. The van der Waals surface area contributed by atoms with Crippen LogP contribution in [0.2, 0.25) is 5.02 Å². The number of benzene rings is 1. The number of hydrogen-bond donors (Lipinski definition) is 1. The van der Waals surface area contributed by atoms with Gasteiger partial charge in [-0.1, -0.05) is 42.8 Å². The second kappa shape index (κ2) is 6.04.